The zero-order chi connectivity index (χ0) is 23.8. The van der Waals surface area contributed by atoms with Gasteiger partial charge < -0.3 is 20.6 Å². The van der Waals surface area contributed by atoms with E-state index in [4.69, 9.17) is 21.6 Å². The molecule has 182 valence electrons. The molecule has 6 atom stereocenters. The molecule has 6 unspecified atom stereocenters. The molecule has 2 heterocycles. The van der Waals surface area contributed by atoms with Gasteiger partial charge in [-0.2, -0.15) is 0 Å². The average Bonchev–Trinajstić information content (AvgIpc) is 3.38. The summed E-state index contributed by atoms with van der Waals surface area (Å²) in [6, 6.07) is 7.66. The van der Waals surface area contributed by atoms with Crippen LogP contribution in [0.25, 0.3) is 11.2 Å². The fourth-order valence-corrected chi connectivity index (χ4v) is 5.71. The van der Waals surface area contributed by atoms with Crippen molar-refractivity contribution < 1.29 is 15.3 Å². The Balaban J connectivity index is 1.45. The highest BCUT2D eigenvalue weighted by molar-refractivity contribution is 7.99. The normalized spacial score (nSPS) is 28.5. The standard InChI is InChI=1S/C23H29ClN6O3S/c1-2-8-34-23-26-21(25-16-11-15(16)12-4-3-5-14(24)9-12)18-22(27-23)30(29-28-18)17-10-13(6-7-31)19(32)20(17)33/h3-5,9,13,15-17,19-20,31-33H,2,6-8,10-11H2,1H3,(H,25,26,27). The molecule has 0 saturated heterocycles. The van der Waals surface area contributed by atoms with Crippen molar-refractivity contribution in [2.45, 2.75) is 68.0 Å². The summed E-state index contributed by atoms with van der Waals surface area (Å²) in [5.74, 6) is 1.65. The average molecular weight is 505 g/mol. The number of hydrogen-bond acceptors (Lipinski definition) is 9. The maximum absolute atomic E-state index is 10.7. The number of nitrogens with one attached hydrogen (secondary N) is 1. The smallest absolute Gasteiger partial charge is 0.191 e. The van der Waals surface area contributed by atoms with Crippen molar-refractivity contribution in [1.82, 2.24) is 25.0 Å². The molecule has 3 aromatic rings. The highest BCUT2D eigenvalue weighted by atomic mass is 35.5. The van der Waals surface area contributed by atoms with Crippen LogP contribution in [0.4, 0.5) is 5.82 Å². The summed E-state index contributed by atoms with van der Waals surface area (Å²) < 4.78 is 1.62. The molecule has 2 fully saturated rings. The molecular formula is C23H29ClN6O3S. The van der Waals surface area contributed by atoms with Crippen molar-refractivity contribution >= 4 is 40.3 Å². The Kier molecular flexibility index (Phi) is 6.95. The van der Waals surface area contributed by atoms with Gasteiger partial charge in [0.2, 0.25) is 0 Å². The van der Waals surface area contributed by atoms with Crippen molar-refractivity contribution in [3.63, 3.8) is 0 Å². The monoisotopic (exact) mass is 504 g/mol. The molecule has 2 aliphatic rings. The topological polar surface area (TPSA) is 129 Å². The molecule has 11 heteroatoms. The summed E-state index contributed by atoms with van der Waals surface area (Å²) in [5.41, 5.74) is 2.28. The van der Waals surface area contributed by atoms with E-state index in [0.717, 1.165) is 23.6 Å². The predicted molar refractivity (Wildman–Crippen MR) is 131 cm³/mol. The first-order valence-corrected chi connectivity index (χ1v) is 13.1. The van der Waals surface area contributed by atoms with Crippen LogP contribution in [0.1, 0.15) is 50.1 Å². The molecule has 0 spiro atoms. The van der Waals surface area contributed by atoms with E-state index in [2.05, 4.69) is 28.6 Å². The molecule has 0 bridgehead atoms. The van der Waals surface area contributed by atoms with Crippen LogP contribution in [0.2, 0.25) is 5.02 Å². The maximum atomic E-state index is 10.7. The largest absolute Gasteiger partial charge is 0.396 e. The number of halogens is 1. The van der Waals surface area contributed by atoms with Crippen molar-refractivity contribution in [3.05, 3.63) is 34.9 Å². The molecule has 9 nitrogen and oxygen atoms in total. The van der Waals surface area contributed by atoms with Gasteiger partial charge in [0, 0.05) is 29.3 Å². The highest BCUT2D eigenvalue weighted by Crippen LogP contribution is 2.44. The number of fused-ring (bicyclic) bond motifs is 1. The van der Waals surface area contributed by atoms with Gasteiger partial charge in [0.05, 0.1) is 12.1 Å². The quantitative estimate of drug-likeness (QED) is 0.256. The van der Waals surface area contributed by atoms with E-state index in [1.807, 2.05) is 18.2 Å². The lowest BCUT2D eigenvalue weighted by molar-refractivity contribution is 0.00107. The number of rotatable bonds is 9. The van der Waals surface area contributed by atoms with E-state index in [9.17, 15) is 15.3 Å². The summed E-state index contributed by atoms with van der Waals surface area (Å²) in [4.78, 5) is 9.45. The number of benzene rings is 1. The number of hydrogen-bond donors (Lipinski definition) is 4. The molecule has 4 N–H and O–H groups in total. The molecular weight excluding hydrogens is 476 g/mol. The van der Waals surface area contributed by atoms with Gasteiger partial charge in [-0.25, -0.2) is 14.6 Å². The molecule has 5 rings (SSSR count). The Labute approximate surface area is 206 Å². The molecule has 2 saturated carbocycles. The first kappa shape index (κ1) is 23.7. The van der Waals surface area contributed by atoms with Crippen LogP contribution < -0.4 is 5.32 Å². The van der Waals surface area contributed by atoms with Gasteiger partial charge >= 0.3 is 0 Å². The fraction of sp³-hybridized carbons (Fsp3) is 0.565. The van der Waals surface area contributed by atoms with Crippen molar-refractivity contribution in [2.24, 2.45) is 5.92 Å². The molecule has 2 aromatic heterocycles. The second kappa shape index (κ2) is 9.94. The number of aromatic nitrogens is 5. The van der Waals surface area contributed by atoms with Crippen LogP contribution in [0.15, 0.2) is 29.4 Å². The van der Waals surface area contributed by atoms with E-state index in [-0.39, 0.29) is 18.6 Å². The molecule has 34 heavy (non-hydrogen) atoms. The predicted octanol–water partition coefficient (Wildman–Crippen LogP) is 3.01. The minimum Gasteiger partial charge on any atom is -0.396 e. The highest BCUT2D eigenvalue weighted by Gasteiger charge is 2.44. The van der Waals surface area contributed by atoms with Crippen molar-refractivity contribution in [1.29, 1.82) is 0 Å². The van der Waals surface area contributed by atoms with Crippen molar-refractivity contribution in [3.8, 4) is 0 Å². The van der Waals surface area contributed by atoms with E-state index in [1.54, 1.807) is 16.4 Å². The van der Waals surface area contributed by atoms with Gasteiger partial charge in [0.1, 0.15) is 6.10 Å². The fourth-order valence-electron chi connectivity index (χ4n) is 4.82. The molecule has 0 radical (unpaired) electrons. The summed E-state index contributed by atoms with van der Waals surface area (Å²) in [6.07, 6.45) is 0.943. The van der Waals surface area contributed by atoms with Gasteiger partial charge in [-0.15, -0.1) is 5.10 Å². The number of aliphatic hydroxyl groups is 3. The molecule has 2 aliphatic carbocycles. The van der Waals surface area contributed by atoms with E-state index in [1.165, 1.54) is 5.56 Å². The Hall–Kier alpha value is -1.98. The van der Waals surface area contributed by atoms with E-state index in [0.29, 0.717) is 40.9 Å². The molecule has 0 aliphatic heterocycles. The van der Waals surface area contributed by atoms with Crippen molar-refractivity contribution in [2.75, 3.05) is 17.7 Å². The first-order chi connectivity index (χ1) is 16.5. The zero-order valence-electron chi connectivity index (χ0n) is 18.9. The summed E-state index contributed by atoms with van der Waals surface area (Å²) in [7, 11) is 0. The number of thioether (sulfide) groups is 1. The van der Waals surface area contributed by atoms with Gasteiger partial charge in [0.25, 0.3) is 0 Å². The maximum Gasteiger partial charge on any atom is 0.191 e. The SMILES string of the molecule is CCCSc1nc(NC2CC2c2cccc(Cl)c2)c2nnn(C3CC(CCO)C(O)C3O)c2n1. The van der Waals surface area contributed by atoms with E-state index >= 15 is 0 Å². The summed E-state index contributed by atoms with van der Waals surface area (Å²) >= 11 is 7.74. The van der Waals surface area contributed by atoms with Crippen LogP contribution in [-0.2, 0) is 0 Å². The zero-order valence-corrected chi connectivity index (χ0v) is 20.5. The lowest BCUT2D eigenvalue weighted by Crippen LogP contribution is -2.30. The van der Waals surface area contributed by atoms with Crippen LogP contribution in [0.3, 0.4) is 0 Å². The van der Waals surface area contributed by atoms with Crippen LogP contribution in [0, 0.1) is 5.92 Å². The van der Waals surface area contributed by atoms with Gasteiger partial charge in [-0.3, -0.25) is 0 Å². The van der Waals surface area contributed by atoms with E-state index < -0.39 is 18.2 Å². The third-order valence-electron chi connectivity index (χ3n) is 6.71. The Bertz CT molecular complexity index is 1160. The molecule has 1 aromatic carbocycles. The minimum absolute atomic E-state index is 0.0392. The molecule has 0 amide bonds. The minimum atomic E-state index is -1.00. The van der Waals surface area contributed by atoms with Crippen LogP contribution in [0.5, 0.6) is 0 Å². The summed E-state index contributed by atoms with van der Waals surface area (Å²) in [6.45, 7) is 2.07. The third-order valence-corrected chi connectivity index (χ3v) is 8.00. The second-order valence-corrected chi connectivity index (χ2v) is 10.6. The Morgan fingerprint density at radius 3 is 2.82 bits per heavy atom. The number of anilines is 1. The van der Waals surface area contributed by atoms with Gasteiger partial charge in [-0.05, 0) is 49.3 Å². The van der Waals surface area contributed by atoms with Gasteiger partial charge in [0.15, 0.2) is 22.1 Å². The number of nitrogens with zero attached hydrogens (tertiary/aromatic N) is 5. The first-order valence-electron chi connectivity index (χ1n) is 11.7. The van der Waals surface area contributed by atoms with Crippen LogP contribution in [-0.4, -0.2) is 70.9 Å². The van der Waals surface area contributed by atoms with Gasteiger partial charge in [-0.1, -0.05) is 47.6 Å². The Morgan fingerprint density at radius 1 is 1.21 bits per heavy atom. The third kappa shape index (κ3) is 4.61. The Morgan fingerprint density at radius 2 is 2.06 bits per heavy atom. The lowest BCUT2D eigenvalue weighted by Gasteiger charge is -2.17. The number of aliphatic hydroxyl groups excluding tert-OH is 3. The van der Waals surface area contributed by atoms with Crippen LogP contribution >= 0.6 is 23.4 Å². The lowest BCUT2D eigenvalue weighted by atomic mass is 10.0. The summed E-state index contributed by atoms with van der Waals surface area (Å²) in [5, 5.41) is 44.0. The second-order valence-electron chi connectivity index (χ2n) is 9.11.